The Kier molecular flexibility index (Phi) is 3.46. The van der Waals surface area contributed by atoms with Crippen LogP contribution in [0, 0.1) is 22.7 Å². The number of nitriles is 2. The van der Waals surface area contributed by atoms with Crippen molar-refractivity contribution in [3.63, 3.8) is 0 Å². The maximum absolute atomic E-state index is 9.84. The van der Waals surface area contributed by atoms with Gasteiger partial charge in [-0.25, -0.2) is 0 Å². The molecule has 0 aliphatic heterocycles. The van der Waals surface area contributed by atoms with Gasteiger partial charge in [-0.3, -0.25) is 0 Å². The van der Waals surface area contributed by atoms with Crippen LogP contribution >= 0.6 is 0 Å². The molecule has 0 unspecified atom stereocenters. The number of hydrogen-bond donors (Lipinski definition) is 0. The molecule has 32 heavy (non-hydrogen) atoms. The summed E-state index contributed by atoms with van der Waals surface area (Å²) in [6.45, 7) is 9.03. The second kappa shape index (κ2) is 5.87. The highest BCUT2D eigenvalue weighted by atomic mass is 14.5. The van der Waals surface area contributed by atoms with Crippen molar-refractivity contribution >= 4 is 10.8 Å². The lowest BCUT2D eigenvalue weighted by Gasteiger charge is -2.24. The average molecular weight is 411 g/mol. The number of fused-ring (bicyclic) bond motifs is 8. The fourth-order valence-electron chi connectivity index (χ4n) is 5.97. The summed E-state index contributed by atoms with van der Waals surface area (Å²) in [5.74, 6) is 0. The van der Waals surface area contributed by atoms with Gasteiger partial charge in [-0.05, 0) is 80.2 Å². The van der Waals surface area contributed by atoms with Gasteiger partial charge in [0, 0.05) is 16.2 Å². The van der Waals surface area contributed by atoms with Gasteiger partial charge in [0.05, 0.1) is 23.3 Å². The Balaban J connectivity index is 1.72. The third-order valence-electron chi connectivity index (χ3n) is 7.72. The molecule has 0 atom stereocenters. The lowest BCUT2D eigenvalue weighted by atomic mass is 9.79. The van der Waals surface area contributed by atoms with E-state index >= 15 is 0 Å². The fourth-order valence-corrected chi connectivity index (χ4v) is 5.97. The third kappa shape index (κ3) is 2.12. The first-order valence-corrected chi connectivity index (χ1v) is 11.0. The van der Waals surface area contributed by atoms with Gasteiger partial charge < -0.3 is 0 Å². The summed E-state index contributed by atoms with van der Waals surface area (Å²) in [7, 11) is 0. The SMILES string of the molecule is CC1(C)c2cc(C#N)ccc2-c2cc3c(cc21)-c1c(cc(C#N)c2ccccc12)C3(C)C. The number of hydrogen-bond acceptors (Lipinski definition) is 2. The second-order valence-electron chi connectivity index (χ2n) is 10.1. The summed E-state index contributed by atoms with van der Waals surface area (Å²) >= 11 is 0. The summed E-state index contributed by atoms with van der Waals surface area (Å²) in [4.78, 5) is 0. The van der Waals surface area contributed by atoms with Crippen molar-refractivity contribution in [2.24, 2.45) is 0 Å². The zero-order valence-corrected chi connectivity index (χ0v) is 18.7. The van der Waals surface area contributed by atoms with Crippen LogP contribution in [0.3, 0.4) is 0 Å². The van der Waals surface area contributed by atoms with Crippen molar-refractivity contribution < 1.29 is 0 Å². The second-order valence-corrected chi connectivity index (χ2v) is 10.1. The minimum Gasteiger partial charge on any atom is -0.192 e. The van der Waals surface area contributed by atoms with Crippen LogP contribution < -0.4 is 0 Å². The lowest BCUT2D eigenvalue weighted by Crippen LogP contribution is -2.17. The monoisotopic (exact) mass is 410 g/mol. The van der Waals surface area contributed by atoms with Crippen LogP contribution in [0.4, 0.5) is 0 Å². The molecule has 4 aromatic rings. The van der Waals surface area contributed by atoms with Crippen molar-refractivity contribution in [3.8, 4) is 34.4 Å². The molecule has 4 aromatic carbocycles. The standard InChI is InChI=1S/C30H22N2/c1-29(2)24-11-17(15-31)9-10-20(24)22-13-26-23(14-25(22)29)28-21-8-6-5-7-19(21)18(16-32)12-27(28)30(26,3)4/h5-14H,1-4H3. The molecule has 0 aromatic heterocycles. The van der Waals surface area contributed by atoms with Crippen LogP contribution in [0.15, 0.2) is 60.7 Å². The Bertz CT molecular complexity index is 1590. The van der Waals surface area contributed by atoms with Gasteiger partial charge in [-0.2, -0.15) is 10.5 Å². The molecule has 2 aliphatic rings. The largest absolute Gasteiger partial charge is 0.192 e. The van der Waals surface area contributed by atoms with Gasteiger partial charge in [-0.1, -0.05) is 58.0 Å². The predicted molar refractivity (Wildman–Crippen MR) is 129 cm³/mol. The van der Waals surface area contributed by atoms with E-state index in [0.29, 0.717) is 5.56 Å². The lowest BCUT2D eigenvalue weighted by molar-refractivity contribution is 0.652. The minimum absolute atomic E-state index is 0.179. The Morgan fingerprint density at radius 1 is 0.594 bits per heavy atom. The highest BCUT2D eigenvalue weighted by Crippen LogP contribution is 2.57. The van der Waals surface area contributed by atoms with E-state index in [0.717, 1.165) is 16.3 Å². The van der Waals surface area contributed by atoms with Crippen molar-refractivity contribution in [2.75, 3.05) is 0 Å². The van der Waals surface area contributed by atoms with Crippen LogP contribution in [-0.2, 0) is 10.8 Å². The van der Waals surface area contributed by atoms with E-state index in [1.54, 1.807) is 0 Å². The third-order valence-corrected chi connectivity index (χ3v) is 7.72. The summed E-state index contributed by atoms with van der Waals surface area (Å²) in [6, 6.07) is 25.9. The highest BCUT2D eigenvalue weighted by Gasteiger charge is 2.42. The molecule has 0 amide bonds. The molecule has 0 heterocycles. The van der Waals surface area contributed by atoms with E-state index in [9.17, 15) is 10.5 Å². The van der Waals surface area contributed by atoms with E-state index in [-0.39, 0.29) is 10.8 Å². The molecule has 0 saturated carbocycles. The molecule has 2 aliphatic carbocycles. The Hall–Kier alpha value is -3.88. The summed E-state index contributed by atoms with van der Waals surface area (Å²) in [5, 5.41) is 21.4. The molecule has 0 radical (unpaired) electrons. The van der Waals surface area contributed by atoms with Crippen LogP contribution in [0.2, 0.25) is 0 Å². The van der Waals surface area contributed by atoms with Crippen molar-refractivity contribution in [3.05, 3.63) is 94.0 Å². The number of benzene rings is 4. The summed E-state index contributed by atoms with van der Waals surface area (Å²) in [6.07, 6.45) is 0. The molecule has 2 heteroatoms. The first kappa shape index (κ1) is 18.9. The molecule has 0 fully saturated rings. The van der Waals surface area contributed by atoms with E-state index in [1.807, 2.05) is 18.2 Å². The van der Waals surface area contributed by atoms with E-state index < -0.39 is 0 Å². The fraction of sp³-hybridized carbons (Fsp3) is 0.200. The van der Waals surface area contributed by atoms with Crippen LogP contribution in [-0.4, -0.2) is 0 Å². The van der Waals surface area contributed by atoms with Crippen LogP contribution in [0.5, 0.6) is 0 Å². The first-order valence-electron chi connectivity index (χ1n) is 11.0. The van der Waals surface area contributed by atoms with E-state index in [4.69, 9.17) is 0 Å². The van der Waals surface area contributed by atoms with Crippen molar-refractivity contribution in [1.82, 2.24) is 0 Å². The van der Waals surface area contributed by atoms with Gasteiger partial charge in [0.2, 0.25) is 0 Å². The molecule has 0 N–H and O–H groups in total. The number of nitrogens with zero attached hydrogens (tertiary/aromatic N) is 2. The Labute approximate surface area is 188 Å². The smallest absolute Gasteiger partial charge is 0.0998 e. The topological polar surface area (TPSA) is 47.6 Å². The minimum atomic E-state index is -0.200. The van der Waals surface area contributed by atoms with Crippen LogP contribution in [0.1, 0.15) is 61.1 Å². The Morgan fingerprint density at radius 3 is 1.94 bits per heavy atom. The highest BCUT2D eigenvalue weighted by molar-refractivity contribution is 6.05. The molecule has 152 valence electrons. The first-order chi connectivity index (χ1) is 15.3. The van der Waals surface area contributed by atoms with Gasteiger partial charge in [0.1, 0.15) is 0 Å². The maximum atomic E-state index is 9.84. The van der Waals surface area contributed by atoms with Gasteiger partial charge >= 0.3 is 0 Å². The van der Waals surface area contributed by atoms with Gasteiger partial charge in [-0.15, -0.1) is 0 Å². The van der Waals surface area contributed by atoms with E-state index in [1.165, 1.54) is 44.5 Å². The summed E-state index contributed by atoms with van der Waals surface area (Å²) in [5.41, 5.74) is 11.1. The van der Waals surface area contributed by atoms with Crippen LogP contribution in [0.25, 0.3) is 33.0 Å². The molecule has 2 nitrogen and oxygen atoms in total. The van der Waals surface area contributed by atoms with Crippen molar-refractivity contribution in [1.29, 1.82) is 10.5 Å². The quantitative estimate of drug-likeness (QED) is 0.308. The van der Waals surface area contributed by atoms with Crippen molar-refractivity contribution in [2.45, 2.75) is 38.5 Å². The zero-order chi connectivity index (χ0) is 22.4. The molecule has 0 bridgehead atoms. The molecular formula is C30H22N2. The maximum Gasteiger partial charge on any atom is 0.0998 e. The predicted octanol–water partition coefficient (Wildman–Crippen LogP) is 7.20. The zero-order valence-electron chi connectivity index (χ0n) is 18.7. The molecular weight excluding hydrogens is 388 g/mol. The normalized spacial score (nSPS) is 15.9. The average Bonchev–Trinajstić information content (AvgIpc) is 3.16. The summed E-state index contributed by atoms with van der Waals surface area (Å²) < 4.78 is 0. The number of rotatable bonds is 0. The van der Waals surface area contributed by atoms with Gasteiger partial charge in [0.25, 0.3) is 0 Å². The van der Waals surface area contributed by atoms with E-state index in [2.05, 4.69) is 82.3 Å². The molecule has 0 saturated heterocycles. The molecule has 6 rings (SSSR count). The Morgan fingerprint density at radius 2 is 1.22 bits per heavy atom. The van der Waals surface area contributed by atoms with Gasteiger partial charge in [0.15, 0.2) is 0 Å². The molecule has 0 spiro atoms.